The highest BCUT2D eigenvalue weighted by molar-refractivity contribution is 5.88. The quantitative estimate of drug-likeness (QED) is 0.350. The molecule has 0 bridgehead atoms. The topological polar surface area (TPSA) is 62.2 Å². The standard InChI is InChI=1S/C31H34F2N2O4/c1-3-38-27-15-21(16-28(39-4-2)29(27)22-5-8-24(32)9-6-22)18-34-13-11-31(12-14-34)19-35(20-31)26-10-7-23(30(36)37)17-25(26)33/h5-10,15-17H,3-4,11-14,18-20H2,1-2H3,(H,36,37). The molecule has 2 aliphatic heterocycles. The van der Waals surface area contributed by atoms with E-state index in [9.17, 15) is 13.6 Å². The second kappa shape index (κ2) is 11.2. The molecule has 2 aliphatic rings. The molecule has 2 fully saturated rings. The summed E-state index contributed by atoms with van der Waals surface area (Å²) in [5.74, 6) is -0.445. The maximum absolute atomic E-state index is 14.5. The van der Waals surface area contributed by atoms with Gasteiger partial charge in [-0.05, 0) is 93.4 Å². The van der Waals surface area contributed by atoms with Gasteiger partial charge in [0.2, 0.25) is 0 Å². The van der Waals surface area contributed by atoms with Gasteiger partial charge in [0.25, 0.3) is 0 Å². The second-order valence-electron chi connectivity index (χ2n) is 10.4. The van der Waals surface area contributed by atoms with E-state index < -0.39 is 11.8 Å². The zero-order valence-corrected chi connectivity index (χ0v) is 22.4. The molecule has 0 aliphatic carbocycles. The average Bonchev–Trinajstić information content (AvgIpc) is 2.89. The number of likely N-dealkylation sites (tertiary alicyclic amines) is 1. The van der Waals surface area contributed by atoms with Crippen LogP contribution in [0.2, 0.25) is 0 Å². The van der Waals surface area contributed by atoms with Crippen LogP contribution in [0.5, 0.6) is 11.5 Å². The van der Waals surface area contributed by atoms with Crippen molar-refractivity contribution < 1.29 is 28.2 Å². The Bertz CT molecular complexity index is 1300. The van der Waals surface area contributed by atoms with Crippen LogP contribution in [0, 0.1) is 17.0 Å². The smallest absolute Gasteiger partial charge is 0.335 e. The van der Waals surface area contributed by atoms with Crippen molar-refractivity contribution in [3.8, 4) is 22.6 Å². The van der Waals surface area contributed by atoms with Crippen LogP contribution in [-0.4, -0.2) is 55.4 Å². The van der Waals surface area contributed by atoms with Crippen LogP contribution >= 0.6 is 0 Å². The summed E-state index contributed by atoms with van der Waals surface area (Å²) in [6.07, 6.45) is 2.03. The van der Waals surface area contributed by atoms with Gasteiger partial charge in [-0.1, -0.05) is 12.1 Å². The zero-order chi connectivity index (χ0) is 27.6. The first-order chi connectivity index (χ1) is 18.8. The Morgan fingerprint density at radius 1 is 0.923 bits per heavy atom. The molecular formula is C31H34F2N2O4. The molecule has 3 aromatic rings. The normalized spacial score (nSPS) is 16.7. The van der Waals surface area contributed by atoms with Gasteiger partial charge in [0.1, 0.15) is 23.1 Å². The van der Waals surface area contributed by atoms with Crippen molar-refractivity contribution in [2.75, 3.05) is 44.3 Å². The molecule has 0 atom stereocenters. The van der Waals surface area contributed by atoms with E-state index in [0.717, 1.165) is 79.8 Å². The molecule has 0 amide bonds. The zero-order valence-electron chi connectivity index (χ0n) is 22.4. The number of halogens is 2. The third kappa shape index (κ3) is 5.71. The summed E-state index contributed by atoms with van der Waals surface area (Å²) >= 11 is 0. The Morgan fingerprint density at radius 3 is 2.08 bits per heavy atom. The van der Waals surface area contributed by atoms with Crippen molar-refractivity contribution in [1.29, 1.82) is 0 Å². The van der Waals surface area contributed by atoms with Crippen molar-refractivity contribution in [2.45, 2.75) is 33.2 Å². The maximum Gasteiger partial charge on any atom is 0.335 e. The Morgan fingerprint density at radius 2 is 1.54 bits per heavy atom. The number of nitrogens with zero attached hydrogens (tertiary/aromatic N) is 2. The van der Waals surface area contributed by atoms with Gasteiger partial charge in [-0.25, -0.2) is 13.6 Å². The third-order valence-electron chi connectivity index (χ3n) is 7.77. The van der Waals surface area contributed by atoms with Gasteiger partial charge in [0, 0.05) is 25.0 Å². The first-order valence-electron chi connectivity index (χ1n) is 13.5. The van der Waals surface area contributed by atoms with E-state index in [0.29, 0.717) is 18.9 Å². The number of hydrogen-bond donors (Lipinski definition) is 1. The highest BCUT2D eigenvalue weighted by Crippen LogP contribution is 2.44. The van der Waals surface area contributed by atoms with Crippen molar-refractivity contribution in [1.82, 2.24) is 4.90 Å². The van der Waals surface area contributed by atoms with Crippen molar-refractivity contribution in [3.05, 3.63) is 77.4 Å². The van der Waals surface area contributed by atoms with Gasteiger partial charge in [-0.15, -0.1) is 0 Å². The van der Waals surface area contributed by atoms with Crippen LogP contribution in [0.1, 0.15) is 42.6 Å². The average molecular weight is 537 g/mol. The monoisotopic (exact) mass is 536 g/mol. The number of carbonyl (C=O) groups is 1. The predicted octanol–water partition coefficient (Wildman–Crippen LogP) is 6.23. The summed E-state index contributed by atoms with van der Waals surface area (Å²) in [5, 5.41) is 9.09. The molecule has 0 unspecified atom stereocenters. The summed E-state index contributed by atoms with van der Waals surface area (Å²) in [7, 11) is 0. The van der Waals surface area contributed by atoms with E-state index in [2.05, 4.69) is 17.0 Å². The number of aromatic carboxylic acids is 1. The lowest BCUT2D eigenvalue weighted by Crippen LogP contribution is -2.60. The lowest BCUT2D eigenvalue weighted by molar-refractivity contribution is 0.0694. The minimum absolute atomic E-state index is 0.0366. The maximum atomic E-state index is 14.5. The highest BCUT2D eigenvalue weighted by atomic mass is 19.1. The SMILES string of the molecule is CCOc1cc(CN2CCC3(CC2)CN(c2ccc(C(=O)O)cc2F)C3)cc(OCC)c1-c1ccc(F)cc1. The molecule has 0 saturated carbocycles. The summed E-state index contributed by atoms with van der Waals surface area (Å²) in [5.41, 5.74) is 3.37. The van der Waals surface area contributed by atoms with Gasteiger partial charge < -0.3 is 19.5 Å². The first kappa shape index (κ1) is 26.9. The van der Waals surface area contributed by atoms with Crippen LogP contribution in [0.4, 0.5) is 14.5 Å². The number of hydrogen-bond acceptors (Lipinski definition) is 5. The van der Waals surface area contributed by atoms with Gasteiger partial charge >= 0.3 is 5.97 Å². The molecule has 1 N–H and O–H groups in total. The van der Waals surface area contributed by atoms with E-state index in [1.54, 1.807) is 18.2 Å². The Balaban J connectivity index is 1.26. The van der Waals surface area contributed by atoms with Crippen LogP contribution in [-0.2, 0) is 6.54 Å². The summed E-state index contributed by atoms with van der Waals surface area (Å²) in [4.78, 5) is 15.5. The van der Waals surface area contributed by atoms with E-state index in [-0.39, 0.29) is 16.8 Å². The lowest BCUT2D eigenvalue weighted by atomic mass is 9.71. The van der Waals surface area contributed by atoms with E-state index in [1.165, 1.54) is 18.2 Å². The minimum Gasteiger partial charge on any atom is -0.493 e. The fourth-order valence-corrected chi connectivity index (χ4v) is 5.77. The fourth-order valence-electron chi connectivity index (χ4n) is 5.77. The van der Waals surface area contributed by atoms with Gasteiger partial charge in [-0.3, -0.25) is 4.90 Å². The molecule has 1 spiro atoms. The number of carboxylic acid groups (broad SMARTS) is 1. The molecular weight excluding hydrogens is 502 g/mol. The van der Waals surface area contributed by atoms with Crippen LogP contribution in [0.3, 0.4) is 0 Å². The molecule has 8 heteroatoms. The van der Waals surface area contributed by atoms with Crippen LogP contribution in [0.25, 0.3) is 11.1 Å². The van der Waals surface area contributed by atoms with Crippen LogP contribution < -0.4 is 14.4 Å². The number of carboxylic acids is 1. The van der Waals surface area contributed by atoms with E-state index in [1.807, 2.05) is 18.7 Å². The Kier molecular flexibility index (Phi) is 7.75. The van der Waals surface area contributed by atoms with E-state index >= 15 is 0 Å². The molecule has 5 rings (SSSR count). The van der Waals surface area contributed by atoms with Gasteiger partial charge in [0.15, 0.2) is 0 Å². The molecule has 2 heterocycles. The van der Waals surface area contributed by atoms with E-state index in [4.69, 9.17) is 14.6 Å². The van der Waals surface area contributed by atoms with Gasteiger partial charge in [0.05, 0.1) is 30.0 Å². The molecule has 206 valence electrons. The second-order valence-corrected chi connectivity index (χ2v) is 10.4. The Labute approximate surface area is 227 Å². The number of piperidine rings is 1. The summed E-state index contributed by atoms with van der Waals surface area (Å²) < 4.78 is 40.1. The number of anilines is 1. The van der Waals surface area contributed by atoms with Crippen LogP contribution in [0.15, 0.2) is 54.6 Å². The highest BCUT2D eigenvalue weighted by Gasteiger charge is 2.45. The van der Waals surface area contributed by atoms with Crippen molar-refractivity contribution >= 4 is 11.7 Å². The summed E-state index contributed by atoms with van der Waals surface area (Å²) in [6.45, 7) is 9.08. The lowest BCUT2D eigenvalue weighted by Gasteiger charge is -2.55. The third-order valence-corrected chi connectivity index (χ3v) is 7.77. The van der Waals surface area contributed by atoms with Crippen molar-refractivity contribution in [3.63, 3.8) is 0 Å². The number of ether oxygens (including phenoxy) is 2. The largest absolute Gasteiger partial charge is 0.493 e. The number of benzene rings is 3. The first-order valence-corrected chi connectivity index (χ1v) is 13.5. The fraction of sp³-hybridized carbons (Fsp3) is 0.387. The molecule has 2 saturated heterocycles. The Hall–Kier alpha value is -3.65. The molecule has 3 aromatic carbocycles. The predicted molar refractivity (Wildman–Crippen MR) is 147 cm³/mol. The molecule has 6 nitrogen and oxygen atoms in total. The number of rotatable bonds is 9. The molecule has 0 radical (unpaired) electrons. The molecule has 0 aromatic heterocycles. The van der Waals surface area contributed by atoms with Crippen molar-refractivity contribution in [2.24, 2.45) is 5.41 Å². The summed E-state index contributed by atoms with van der Waals surface area (Å²) in [6, 6.07) is 14.6. The molecule has 39 heavy (non-hydrogen) atoms. The van der Waals surface area contributed by atoms with Gasteiger partial charge in [-0.2, -0.15) is 0 Å². The minimum atomic E-state index is -1.13.